The van der Waals surface area contributed by atoms with Gasteiger partial charge in [0.1, 0.15) is 17.9 Å². The Kier molecular flexibility index (Phi) is 5.86. The molecule has 3 aromatic carbocycles. The molecule has 37 heavy (non-hydrogen) atoms. The molecule has 0 amide bonds. The highest BCUT2D eigenvalue weighted by Gasteiger charge is 2.27. The first kappa shape index (κ1) is 22.9. The zero-order valence-electron chi connectivity index (χ0n) is 19.9. The van der Waals surface area contributed by atoms with E-state index >= 15 is 0 Å². The molecule has 6 rings (SSSR count). The number of nitro benzene ring substituents is 1. The molecule has 0 unspecified atom stereocenters. The summed E-state index contributed by atoms with van der Waals surface area (Å²) in [5, 5.41) is 22.4. The van der Waals surface area contributed by atoms with Crippen molar-refractivity contribution in [2.75, 3.05) is 18.0 Å². The Morgan fingerprint density at radius 3 is 2.27 bits per heavy atom. The summed E-state index contributed by atoms with van der Waals surface area (Å²) >= 11 is 0. The lowest BCUT2D eigenvalue weighted by Gasteiger charge is -2.30. The van der Waals surface area contributed by atoms with Gasteiger partial charge < -0.3 is 14.4 Å². The Hall–Kier alpha value is -4.56. The molecule has 2 aromatic heterocycles. The van der Waals surface area contributed by atoms with Crippen LogP contribution in [0, 0.1) is 10.1 Å². The summed E-state index contributed by atoms with van der Waals surface area (Å²) in [5.41, 5.74) is 4.58. The summed E-state index contributed by atoms with van der Waals surface area (Å²) in [5.74, 6) is 1.45. The molecule has 0 atom stereocenters. The van der Waals surface area contributed by atoms with Gasteiger partial charge in [0.15, 0.2) is 0 Å². The number of aliphatic hydroxyl groups is 1. The lowest BCUT2D eigenvalue weighted by molar-refractivity contribution is -0.384. The fraction of sp³-hybridized carbons (Fsp3) is 0.172. The van der Waals surface area contributed by atoms with Gasteiger partial charge in [-0.3, -0.25) is 10.1 Å². The van der Waals surface area contributed by atoms with Crippen LogP contribution in [-0.2, 0) is 0 Å². The van der Waals surface area contributed by atoms with E-state index in [1.807, 2.05) is 54.6 Å². The Bertz CT molecular complexity index is 1570. The number of aromatic nitrogens is 2. The number of hydrogen-bond donors (Lipinski definition) is 1. The minimum absolute atomic E-state index is 0.0653. The first-order chi connectivity index (χ1) is 18.1. The average Bonchev–Trinajstić information content (AvgIpc) is 3.34. The van der Waals surface area contributed by atoms with E-state index in [-0.39, 0.29) is 16.7 Å². The van der Waals surface area contributed by atoms with Gasteiger partial charge >= 0.3 is 0 Å². The van der Waals surface area contributed by atoms with E-state index in [0.29, 0.717) is 43.0 Å². The van der Waals surface area contributed by atoms with Gasteiger partial charge in [-0.25, -0.2) is 9.97 Å². The highest BCUT2D eigenvalue weighted by molar-refractivity contribution is 6.06. The van der Waals surface area contributed by atoms with Crippen LogP contribution in [0.4, 0.5) is 11.5 Å². The normalized spacial score (nSPS) is 14.2. The van der Waals surface area contributed by atoms with Crippen LogP contribution in [0.1, 0.15) is 12.8 Å². The Balaban J connectivity index is 1.50. The van der Waals surface area contributed by atoms with E-state index in [0.717, 1.165) is 33.5 Å². The smallest absolute Gasteiger partial charge is 0.277 e. The Morgan fingerprint density at radius 2 is 1.54 bits per heavy atom. The number of hydrogen-bond acceptors (Lipinski definition) is 7. The summed E-state index contributed by atoms with van der Waals surface area (Å²) in [7, 11) is 0. The molecule has 0 spiro atoms. The fourth-order valence-corrected chi connectivity index (χ4v) is 5.00. The van der Waals surface area contributed by atoms with Crippen LogP contribution in [-0.4, -0.2) is 39.2 Å². The van der Waals surface area contributed by atoms with E-state index in [9.17, 15) is 15.2 Å². The van der Waals surface area contributed by atoms with Gasteiger partial charge in [-0.15, -0.1) is 0 Å². The zero-order chi connectivity index (χ0) is 25.4. The van der Waals surface area contributed by atoms with Crippen molar-refractivity contribution in [1.29, 1.82) is 0 Å². The number of piperidine rings is 1. The summed E-state index contributed by atoms with van der Waals surface area (Å²) in [6.07, 6.45) is 2.59. The van der Waals surface area contributed by atoms with Crippen molar-refractivity contribution in [3.8, 4) is 33.6 Å². The maximum Gasteiger partial charge on any atom is 0.277 e. The van der Waals surface area contributed by atoms with E-state index in [1.54, 1.807) is 18.2 Å². The monoisotopic (exact) mass is 492 g/mol. The number of anilines is 1. The summed E-state index contributed by atoms with van der Waals surface area (Å²) < 4.78 is 6.36. The van der Waals surface area contributed by atoms with E-state index < -0.39 is 0 Å². The second kappa shape index (κ2) is 9.48. The Labute approximate surface area is 213 Å². The van der Waals surface area contributed by atoms with Crippen molar-refractivity contribution in [3.05, 3.63) is 95.3 Å². The van der Waals surface area contributed by atoms with Gasteiger partial charge in [-0.1, -0.05) is 66.7 Å². The molecular weight excluding hydrogens is 468 g/mol. The zero-order valence-corrected chi connectivity index (χ0v) is 19.9. The van der Waals surface area contributed by atoms with Gasteiger partial charge in [-0.05, 0) is 30.0 Å². The summed E-state index contributed by atoms with van der Waals surface area (Å²) in [6.45, 7) is 1.40. The number of furan rings is 1. The molecule has 0 radical (unpaired) electrons. The highest BCUT2D eigenvalue weighted by Crippen LogP contribution is 2.44. The molecule has 184 valence electrons. The van der Waals surface area contributed by atoms with Gasteiger partial charge in [0.2, 0.25) is 5.71 Å². The topological polar surface area (TPSA) is 106 Å². The van der Waals surface area contributed by atoms with Crippen LogP contribution in [0.2, 0.25) is 0 Å². The summed E-state index contributed by atoms with van der Waals surface area (Å²) in [4.78, 5) is 22.4. The fourth-order valence-electron chi connectivity index (χ4n) is 5.00. The highest BCUT2D eigenvalue weighted by atomic mass is 16.6. The molecule has 0 aliphatic carbocycles. The van der Waals surface area contributed by atoms with Crippen molar-refractivity contribution in [1.82, 2.24) is 9.97 Å². The lowest BCUT2D eigenvalue weighted by atomic mass is 9.97. The predicted molar refractivity (Wildman–Crippen MR) is 142 cm³/mol. The number of nitro groups is 1. The molecule has 5 aromatic rings. The van der Waals surface area contributed by atoms with Crippen LogP contribution in [0.25, 0.3) is 44.7 Å². The number of fused-ring (bicyclic) bond motifs is 1. The molecule has 1 fully saturated rings. The maximum atomic E-state index is 11.5. The predicted octanol–water partition coefficient (Wildman–Crippen LogP) is 6.09. The summed E-state index contributed by atoms with van der Waals surface area (Å²) in [6, 6.07) is 24.3. The van der Waals surface area contributed by atoms with Gasteiger partial charge in [0, 0.05) is 30.3 Å². The number of para-hydroxylation sites is 1. The van der Waals surface area contributed by atoms with Gasteiger partial charge in [-0.2, -0.15) is 0 Å². The SMILES string of the molecule is O=[N+]([O-])c1ccccc1-c1ccc(-c2oc3ncnc(N4CCC(O)CC4)c3c2-c2ccccc2)cc1. The van der Waals surface area contributed by atoms with Crippen LogP contribution >= 0.6 is 0 Å². The van der Waals surface area contributed by atoms with Crippen molar-refractivity contribution in [3.63, 3.8) is 0 Å². The van der Waals surface area contributed by atoms with Crippen molar-refractivity contribution in [2.45, 2.75) is 18.9 Å². The number of benzene rings is 3. The lowest BCUT2D eigenvalue weighted by Crippen LogP contribution is -2.36. The second-order valence-electron chi connectivity index (χ2n) is 9.12. The molecule has 0 saturated carbocycles. The first-order valence-corrected chi connectivity index (χ1v) is 12.2. The van der Waals surface area contributed by atoms with Crippen LogP contribution in [0.3, 0.4) is 0 Å². The minimum atomic E-state index is -0.365. The first-order valence-electron chi connectivity index (χ1n) is 12.2. The van der Waals surface area contributed by atoms with E-state index in [2.05, 4.69) is 14.9 Å². The molecule has 3 heterocycles. The number of aliphatic hydroxyl groups excluding tert-OH is 1. The van der Waals surface area contributed by atoms with Crippen molar-refractivity contribution < 1.29 is 14.4 Å². The molecule has 8 heteroatoms. The number of rotatable bonds is 5. The van der Waals surface area contributed by atoms with Crippen LogP contribution in [0.15, 0.2) is 89.6 Å². The third-order valence-corrected chi connectivity index (χ3v) is 6.85. The number of nitrogens with zero attached hydrogens (tertiary/aromatic N) is 4. The van der Waals surface area contributed by atoms with E-state index in [1.165, 1.54) is 12.4 Å². The molecule has 1 aliphatic heterocycles. The molecule has 8 nitrogen and oxygen atoms in total. The van der Waals surface area contributed by atoms with Crippen molar-refractivity contribution >= 4 is 22.6 Å². The maximum absolute atomic E-state index is 11.5. The molecule has 1 N–H and O–H groups in total. The van der Waals surface area contributed by atoms with Crippen LogP contribution in [0.5, 0.6) is 0 Å². The molecule has 1 aliphatic rings. The standard InChI is InChI=1S/C29H24N4O4/c34-22-14-16-32(17-15-22)28-26-25(20-6-2-1-3-7-20)27(37-29(26)31-18-30-28)21-12-10-19(11-13-21)23-8-4-5-9-24(23)33(35)36/h1-13,18,22,34H,14-17H2. The Morgan fingerprint density at radius 1 is 0.865 bits per heavy atom. The van der Waals surface area contributed by atoms with Crippen molar-refractivity contribution in [2.24, 2.45) is 0 Å². The second-order valence-corrected chi connectivity index (χ2v) is 9.12. The minimum Gasteiger partial charge on any atom is -0.437 e. The molecule has 1 saturated heterocycles. The molecule has 0 bridgehead atoms. The van der Waals surface area contributed by atoms with Gasteiger partial charge in [0.25, 0.3) is 5.69 Å². The van der Waals surface area contributed by atoms with Gasteiger partial charge in [0.05, 0.1) is 22.0 Å². The third-order valence-electron chi connectivity index (χ3n) is 6.85. The third kappa shape index (κ3) is 4.21. The quantitative estimate of drug-likeness (QED) is 0.234. The average molecular weight is 493 g/mol. The largest absolute Gasteiger partial charge is 0.437 e. The van der Waals surface area contributed by atoms with Crippen LogP contribution < -0.4 is 4.90 Å². The van der Waals surface area contributed by atoms with E-state index in [4.69, 9.17) is 4.42 Å². The molecular formula is C29H24N4O4.